The lowest BCUT2D eigenvalue weighted by atomic mass is 9.79. The summed E-state index contributed by atoms with van der Waals surface area (Å²) in [5, 5.41) is 0. The second kappa shape index (κ2) is 8.02. The molecule has 1 spiro atoms. The van der Waals surface area contributed by atoms with Crippen LogP contribution < -0.4 is 10.5 Å². The maximum Gasteiger partial charge on any atom is 0.261 e. The lowest BCUT2D eigenvalue weighted by molar-refractivity contribution is -0.132. The van der Waals surface area contributed by atoms with E-state index in [1.165, 1.54) is 4.90 Å². The van der Waals surface area contributed by atoms with E-state index in [1.807, 2.05) is 66.7 Å². The summed E-state index contributed by atoms with van der Waals surface area (Å²) >= 11 is 0. The Bertz CT molecular complexity index is 1320. The number of nitrogens with zero attached hydrogens (tertiary/aromatic N) is 3. The molecule has 0 bridgehead atoms. The van der Waals surface area contributed by atoms with Crippen LogP contribution >= 0.6 is 0 Å². The van der Waals surface area contributed by atoms with Crippen molar-refractivity contribution in [2.24, 2.45) is 10.7 Å². The van der Waals surface area contributed by atoms with Crippen LogP contribution in [0.2, 0.25) is 0 Å². The van der Waals surface area contributed by atoms with Crippen molar-refractivity contribution in [2.75, 3.05) is 21.1 Å². The number of fused-ring (bicyclic) bond motifs is 2. The Labute approximate surface area is 198 Å². The summed E-state index contributed by atoms with van der Waals surface area (Å²) in [5.74, 6) is 0.478. The molecule has 0 radical (unpaired) electrons. The van der Waals surface area contributed by atoms with E-state index in [4.69, 9.17) is 15.5 Å². The summed E-state index contributed by atoms with van der Waals surface area (Å²) in [5.41, 5.74) is 8.72. The summed E-state index contributed by atoms with van der Waals surface area (Å²) < 4.78 is 6.37. The highest BCUT2D eigenvalue weighted by molar-refractivity contribution is 6.07. The molecule has 2 heterocycles. The van der Waals surface area contributed by atoms with Crippen molar-refractivity contribution in [2.45, 2.75) is 18.1 Å². The fourth-order valence-corrected chi connectivity index (χ4v) is 4.72. The van der Waals surface area contributed by atoms with E-state index in [2.05, 4.69) is 0 Å². The van der Waals surface area contributed by atoms with Gasteiger partial charge in [-0.2, -0.15) is 0 Å². The number of aliphatic imine (C=N–C) groups is 1. The van der Waals surface area contributed by atoms with Gasteiger partial charge in [-0.15, -0.1) is 0 Å². The summed E-state index contributed by atoms with van der Waals surface area (Å²) in [7, 11) is 5.09. The Morgan fingerprint density at radius 1 is 1.09 bits per heavy atom. The molecule has 2 aliphatic rings. The average Bonchev–Trinajstić information content (AvgIpc) is 3.07. The van der Waals surface area contributed by atoms with Crippen molar-refractivity contribution in [3.8, 4) is 16.9 Å². The van der Waals surface area contributed by atoms with Crippen molar-refractivity contribution in [3.05, 3.63) is 89.5 Å². The van der Waals surface area contributed by atoms with Gasteiger partial charge in [-0.3, -0.25) is 14.5 Å². The van der Waals surface area contributed by atoms with Gasteiger partial charge in [0.25, 0.3) is 11.8 Å². The fraction of sp³-hybridized carbons (Fsp3) is 0.222. The number of guanidine groups is 1. The van der Waals surface area contributed by atoms with Gasteiger partial charge in [-0.05, 0) is 34.9 Å². The van der Waals surface area contributed by atoms with Crippen LogP contribution in [0.15, 0.2) is 77.8 Å². The van der Waals surface area contributed by atoms with Crippen LogP contribution in [-0.2, 0) is 10.3 Å². The zero-order valence-corrected chi connectivity index (χ0v) is 19.4. The van der Waals surface area contributed by atoms with Crippen molar-refractivity contribution in [1.29, 1.82) is 0 Å². The van der Waals surface area contributed by atoms with Crippen LogP contribution in [0.25, 0.3) is 11.1 Å². The highest BCUT2D eigenvalue weighted by atomic mass is 16.5. The molecule has 0 aromatic heterocycles. The number of ether oxygens (including phenoxy) is 1. The smallest absolute Gasteiger partial charge is 0.261 e. The van der Waals surface area contributed by atoms with Crippen LogP contribution in [0.5, 0.6) is 5.75 Å². The van der Waals surface area contributed by atoms with Gasteiger partial charge in [-0.25, -0.2) is 4.99 Å². The molecule has 2 amide bonds. The first kappa shape index (κ1) is 21.7. The van der Waals surface area contributed by atoms with E-state index in [9.17, 15) is 9.59 Å². The minimum absolute atomic E-state index is 0.0950. The Hall–Kier alpha value is -4.13. The van der Waals surface area contributed by atoms with Crippen molar-refractivity contribution in [3.63, 3.8) is 0 Å². The van der Waals surface area contributed by atoms with Gasteiger partial charge < -0.3 is 15.4 Å². The fourth-order valence-electron chi connectivity index (χ4n) is 4.72. The first-order chi connectivity index (χ1) is 16.3. The van der Waals surface area contributed by atoms with Gasteiger partial charge in [-0.1, -0.05) is 54.6 Å². The molecule has 7 nitrogen and oxygen atoms in total. The number of hydrogen-bond donors (Lipinski definition) is 1. The third kappa shape index (κ3) is 3.32. The summed E-state index contributed by atoms with van der Waals surface area (Å²) in [6, 6.07) is 22.9. The minimum atomic E-state index is -1.19. The topological polar surface area (TPSA) is 88.2 Å². The van der Waals surface area contributed by atoms with E-state index in [0.717, 1.165) is 16.7 Å². The largest absolute Gasteiger partial charge is 0.485 e. The van der Waals surface area contributed by atoms with Gasteiger partial charge in [0, 0.05) is 38.7 Å². The van der Waals surface area contributed by atoms with Gasteiger partial charge in [0.1, 0.15) is 11.9 Å². The van der Waals surface area contributed by atoms with Gasteiger partial charge in [0.05, 0.1) is 0 Å². The SMILES string of the molecule is CN(C)C(=O)c1ccccc1-c1ccc2c(c1)C1(CC(c3ccccc3)O2)N=C(N)N(C)C1=O. The molecule has 0 aliphatic carbocycles. The van der Waals surface area contributed by atoms with Gasteiger partial charge >= 0.3 is 0 Å². The number of nitrogens with two attached hydrogens (primary N) is 1. The number of benzene rings is 3. The third-order valence-electron chi connectivity index (χ3n) is 6.53. The monoisotopic (exact) mass is 454 g/mol. The average molecular weight is 455 g/mol. The van der Waals surface area contributed by atoms with Crippen molar-refractivity contribution < 1.29 is 14.3 Å². The molecule has 0 saturated heterocycles. The normalized spacial score (nSPS) is 21.1. The minimum Gasteiger partial charge on any atom is -0.485 e. The van der Waals surface area contributed by atoms with Crippen LogP contribution in [-0.4, -0.2) is 48.7 Å². The number of carbonyl (C=O) groups excluding carboxylic acids is 2. The third-order valence-corrected chi connectivity index (χ3v) is 6.53. The van der Waals surface area contributed by atoms with Crippen LogP contribution in [0.4, 0.5) is 0 Å². The van der Waals surface area contributed by atoms with E-state index in [-0.39, 0.29) is 23.9 Å². The van der Waals surface area contributed by atoms with Crippen LogP contribution in [0, 0.1) is 0 Å². The quantitative estimate of drug-likeness (QED) is 0.656. The second-order valence-electron chi connectivity index (χ2n) is 8.87. The van der Waals surface area contributed by atoms with Gasteiger partial charge in [0.15, 0.2) is 11.5 Å². The van der Waals surface area contributed by atoms with Crippen molar-refractivity contribution in [1.82, 2.24) is 9.80 Å². The lowest BCUT2D eigenvalue weighted by Gasteiger charge is -2.37. The predicted molar refractivity (Wildman–Crippen MR) is 130 cm³/mol. The predicted octanol–water partition coefficient (Wildman–Crippen LogP) is 3.56. The van der Waals surface area contributed by atoms with Crippen LogP contribution in [0.3, 0.4) is 0 Å². The van der Waals surface area contributed by atoms with E-state index in [1.54, 1.807) is 32.1 Å². The Morgan fingerprint density at radius 2 is 1.79 bits per heavy atom. The molecular weight excluding hydrogens is 428 g/mol. The molecule has 2 aliphatic heterocycles. The van der Waals surface area contributed by atoms with E-state index < -0.39 is 5.54 Å². The Kier molecular flexibility index (Phi) is 5.12. The lowest BCUT2D eigenvalue weighted by Crippen LogP contribution is -2.43. The van der Waals surface area contributed by atoms with E-state index in [0.29, 0.717) is 23.3 Å². The summed E-state index contributed by atoms with van der Waals surface area (Å²) in [6.07, 6.45) is -0.0237. The van der Waals surface area contributed by atoms with Gasteiger partial charge in [0.2, 0.25) is 0 Å². The maximum atomic E-state index is 13.6. The second-order valence-corrected chi connectivity index (χ2v) is 8.87. The number of hydrogen-bond acceptors (Lipinski definition) is 5. The molecule has 2 N–H and O–H groups in total. The molecule has 3 aromatic carbocycles. The number of carbonyl (C=O) groups is 2. The zero-order chi connectivity index (χ0) is 24.0. The molecule has 0 fully saturated rings. The standard InChI is InChI=1S/C27H26N4O3/c1-30(2)24(32)20-12-8-7-11-19(20)18-13-14-22-21(15-18)27(25(33)31(3)26(28)29-27)16-23(34-22)17-9-5-4-6-10-17/h4-15,23H,16H2,1-3H3,(H2,28,29). The Morgan fingerprint density at radius 3 is 2.47 bits per heavy atom. The number of amides is 2. The first-order valence-electron chi connectivity index (χ1n) is 11.1. The molecular formula is C27H26N4O3. The van der Waals surface area contributed by atoms with Crippen LogP contribution in [0.1, 0.15) is 34.0 Å². The summed E-state index contributed by atoms with van der Waals surface area (Å²) in [6.45, 7) is 0. The summed E-state index contributed by atoms with van der Waals surface area (Å²) in [4.78, 5) is 34.0. The number of rotatable bonds is 3. The molecule has 2 atom stereocenters. The number of likely N-dealkylation sites (N-methyl/N-ethyl adjacent to an activating group) is 1. The molecule has 7 heteroatoms. The molecule has 34 heavy (non-hydrogen) atoms. The van der Waals surface area contributed by atoms with E-state index >= 15 is 0 Å². The van der Waals surface area contributed by atoms with Crippen molar-refractivity contribution >= 4 is 17.8 Å². The Balaban J connectivity index is 1.68. The highest BCUT2D eigenvalue weighted by Gasteiger charge is 2.53. The molecule has 2 unspecified atom stereocenters. The molecule has 5 rings (SSSR count). The molecule has 172 valence electrons. The molecule has 3 aromatic rings. The first-order valence-corrected chi connectivity index (χ1v) is 11.1. The highest BCUT2D eigenvalue weighted by Crippen LogP contribution is 2.50. The maximum absolute atomic E-state index is 13.6. The molecule has 0 saturated carbocycles. The zero-order valence-electron chi connectivity index (χ0n) is 19.4.